The van der Waals surface area contributed by atoms with Gasteiger partial charge >= 0.3 is 0 Å². The third-order valence-electron chi connectivity index (χ3n) is 4.35. The van der Waals surface area contributed by atoms with Crippen molar-refractivity contribution < 1.29 is 13.2 Å². The molecular weight excluding hydrogens is 290 g/mol. The highest BCUT2D eigenvalue weighted by atomic mass is 32.2. The van der Waals surface area contributed by atoms with E-state index < -0.39 is 9.84 Å². The average molecular weight is 309 g/mol. The quantitative estimate of drug-likeness (QED) is 0.771. The number of amides is 1. The first kappa shape index (κ1) is 14.2. The summed E-state index contributed by atoms with van der Waals surface area (Å²) in [5, 5.41) is 2.89. The second-order valence-electron chi connectivity index (χ2n) is 5.72. The number of anilines is 2. The molecule has 1 aromatic carbocycles. The summed E-state index contributed by atoms with van der Waals surface area (Å²) in [6.07, 6.45) is 2.93. The van der Waals surface area contributed by atoms with Gasteiger partial charge in [-0.25, -0.2) is 8.42 Å². The third kappa shape index (κ3) is 2.35. The summed E-state index contributed by atoms with van der Waals surface area (Å²) in [6, 6.07) is 5.11. The van der Waals surface area contributed by atoms with E-state index in [4.69, 9.17) is 5.73 Å². The largest absolute Gasteiger partial charge is 0.396 e. The van der Waals surface area contributed by atoms with Gasteiger partial charge in [-0.1, -0.05) is 6.07 Å². The molecule has 0 bridgehead atoms. The normalized spacial score (nSPS) is 25.6. The van der Waals surface area contributed by atoms with Gasteiger partial charge in [-0.2, -0.15) is 0 Å². The highest BCUT2D eigenvalue weighted by Gasteiger charge is 2.41. The lowest BCUT2D eigenvalue weighted by Gasteiger charge is -2.38. The molecule has 6 nitrogen and oxygen atoms in total. The van der Waals surface area contributed by atoms with Crippen molar-refractivity contribution in [2.45, 2.75) is 23.8 Å². The summed E-state index contributed by atoms with van der Waals surface area (Å²) in [7, 11) is -3.36. The van der Waals surface area contributed by atoms with Gasteiger partial charge in [-0.15, -0.1) is 0 Å². The van der Waals surface area contributed by atoms with Crippen molar-refractivity contribution >= 4 is 27.1 Å². The Balaban J connectivity index is 2.03. The van der Waals surface area contributed by atoms with E-state index in [1.807, 2.05) is 6.07 Å². The summed E-state index contributed by atoms with van der Waals surface area (Å²) in [6.45, 7) is 1.37. The maximum Gasteiger partial charge on any atom is 0.225 e. The Labute approximate surface area is 124 Å². The maximum absolute atomic E-state index is 11.8. The molecule has 3 rings (SSSR count). The predicted molar refractivity (Wildman–Crippen MR) is 80.8 cm³/mol. The second-order valence-corrected chi connectivity index (χ2v) is 7.70. The number of nitrogens with one attached hydrogen (secondary N) is 1. The Morgan fingerprint density at radius 2 is 2.14 bits per heavy atom. The van der Waals surface area contributed by atoms with Crippen LogP contribution in [0.25, 0.3) is 0 Å². The van der Waals surface area contributed by atoms with Crippen LogP contribution in [0.5, 0.6) is 0 Å². The first-order chi connectivity index (χ1) is 9.89. The van der Waals surface area contributed by atoms with Gasteiger partial charge in [0.1, 0.15) is 0 Å². The van der Waals surface area contributed by atoms with Crippen LogP contribution in [0.15, 0.2) is 23.1 Å². The fourth-order valence-electron chi connectivity index (χ4n) is 3.36. The predicted octanol–water partition coefficient (Wildman–Crippen LogP) is 0.387. The zero-order valence-corrected chi connectivity index (χ0v) is 12.7. The number of benzene rings is 1. The molecule has 2 unspecified atom stereocenters. The molecular formula is C14H19N3O3S. The van der Waals surface area contributed by atoms with Crippen molar-refractivity contribution in [3.63, 3.8) is 0 Å². The van der Waals surface area contributed by atoms with E-state index in [9.17, 15) is 13.2 Å². The van der Waals surface area contributed by atoms with Crippen LogP contribution in [-0.2, 0) is 14.6 Å². The molecule has 0 radical (unpaired) electrons. The molecule has 3 N–H and O–H groups in total. The van der Waals surface area contributed by atoms with Crippen molar-refractivity contribution in [2.75, 3.05) is 30.0 Å². The van der Waals surface area contributed by atoms with Gasteiger partial charge in [0.15, 0.2) is 9.84 Å². The lowest BCUT2D eigenvalue weighted by Crippen LogP contribution is -2.46. The number of fused-ring (bicyclic) bond motifs is 1. The van der Waals surface area contributed by atoms with E-state index in [0.717, 1.165) is 25.6 Å². The molecule has 2 heterocycles. The molecule has 2 saturated heterocycles. The summed E-state index contributed by atoms with van der Waals surface area (Å²) in [4.78, 5) is 14.1. The van der Waals surface area contributed by atoms with E-state index in [-0.39, 0.29) is 28.4 Å². The third-order valence-corrected chi connectivity index (χ3v) is 5.51. The number of sulfone groups is 1. The van der Waals surface area contributed by atoms with Crippen molar-refractivity contribution in [1.82, 2.24) is 5.32 Å². The second kappa shape index (κ2) is 4.91. The molecule has 2 atom stereocenters. The molecule has 2 aliphatic heterocycles. The molecule has 2 aliphatic rings. The van der Waals surface area contributed by atoms with E-state index >= 15 is 0 Å². The SMILES string of the molecule is CS(=O)(=O)c1cccc(N2CCCC3C(=O)NCC32)c1N. The summed E-state index contributed by atoms with van der Waals surface area (Å²) in [5.74, 6) is 0.0579. The minimum absolute atomic E-state index is 0.0277. The summed E-state index contributed by atoms with van der Waals surface area (Å²) < 4.78 is 23.6. The van der Waals surface area contributed by atoms with Gasteiger partial charge in [0.05, 0.1) is 28.2 Å². The van der Waals surface area contributed by atoms with Gasteiger partial charge in [0.2, 0.25) is 5.91 Å². The van der Waals surface area contributed by atoms with Crippen LogP contribution in [0.4, 0.5) is 11.4 Å². The fraction of sp³-hybridized carbons (Fsp3) is 0.500. The van der Waals surface area contributed by atoms with Crippen molar-refractivity contribution in [1.29, 1.82) is 0 Å². The lowest BCUT2D eigenvalue weighted by atomic mass is 9.91. The van der Waals surface area contributed by atoms with Crippen LogP contribution < -0.4 is 16.0 Å². The molecule has 0 aliphatic carbocycles. The maximum atomic E-state index is 11.8. The molecule has 7 heteroatoms. The minimum Gasteiger partial charge on any atom is -0.396 e. The van der Waals surface area contributed by atoms with Crippen LogP contribution in [0, 0.1) is 5.92 Å². The zero-order chi connectivity index (χ0) is 15.2. The Hall–Kier alpha value is -1.76. The van der Waals surface area contributed by atoms with Gasteiger partial charge in [0, 0.05) is 19.3 Å². The van der Waals surface area contributed by atoms with Crippen LogP contribution in [0.2, 0.25) is 0 Å². The zero-order valence-electron chi connectivity index (χ0n) is 11.9. The minimum atomic E-state index is -3.36. The molecule has 1 amide bonds. The van der Waals surface area contributed by atoms with E-state index in [1.165, 1.54) is 6.07 Å². The van der Waals surface area contributed by atoms with Crippen LogP contribution >= 0.6 is 0 Å². The first-order valence-electron chi connectivity index (χ1n) is 7.02. The first-order valence-corrected chi connectivity index (χ1v) is 8.91. The topological polar surface area (TPSA) is 92.5 Å². The number of rotatable bonds is 2. The van der Waals surface area contributed by atoms with E-state index in [2.05, 4.69) is 10.2 Å². The number of carbonyl (C=O) groups excluding carboxylic acids is 1. The molecule has 0 aromatic heterocycles. The molecule has 2 fully saturated rings. The molecule has 1 aromatic rings. The monoisotopic (exact) mass is 309 g/mol. The van der Waals surface area contributed by atoms with E-state index in [0.29, 0.717) is 12.2 Å². The molecule has 114 valence electrons. The summed E-state index contributed by atoms with van der Waals surface area (Å²) in [5.41, 5.74) is 7.08. The number of hydrogen-bond acceptors (Lipinski definition) is 5. The Kier molecular flexibility index (Phi) is 3.32. The number of hydrogen-bond donors (Lipinski definition) is 2. The average Bonchev–Trinajstić information content (AvgIpc) is 2.80. The Morgan fingerprint density at radius 3 is 2.86 bits per heavy atom. The van der Waals surface area contributed by atoms with E-state index in [1.54, 1.807) is 6.07 Å². The van der Waals surface area contributed by atoms with Gasteiger partial charge < -0.3 is 16.0 Å². The number of nitrogens with zero attached hydrogens (tertiary/aromatic N) is 1. The highest BCUT2D eigenvalue weighted by Crippen LogP contribution is 2.36. The number of para-hydroxylation sites is 1. The molecule has 0 spiro atoms. The van der Waals surface area contributed by atoms with Crippen LogP contribution in [0.3, 0.4) is 0 Å². The number of carbonyl (C=O) groups is 1. The highest BCUT2D eigenvalue weighted by molar-refractivity contribution is 7.90. The van der Waals surface area contributed by atoms with Crippen molar-refractivity contribution in [3.05, 3.63) is 18.2 Å². The van der Waals surface area contributed by atoms with Gasteiger partial charge in [0.25, 0.3) is 0 Å². The van der Waals surface area contributed by atoms with Gasteiger partial charge in [-0.3, -0.25) is 4.79 Å². The summed E-state index contributed by atoms with van der Waals surface area (Å²) >= 11 is 0. The number of piperidine rings is 1. The number of nitrogens with two attached hydrogens (primary N) is 1. The lowest BCUT2D eigenvalue weighted by molar-refractivity contribution is -0.122. The van der Waals surface area contributed by atoms with Crippen molar-refractivity contribution in [3.8, 4) is 0 Å². The van der Waals surface area contributed by atoms with Crippen LogP contribution in [-0.4, -0.2) is 39.7 Å². The Bertz CT molecular complexity index is 687. The molecule has 21 heavy (non-hydrogen) atoms. The fourth-order valence-corrected chi connectivity index (χ4v) is 4.19. The van der Waals surface area contributed by atoms with Crippen molar-refractivity contribution in [2.24, 2.45) is 5.92 Å². The molecule has 0 saturated carbocycles. The number of nitrogen functional groups attached to an aromatic ring is 1. The van der Waals surface area contributed by atoms with Gasteiger partial charge in [-0.05, 0) is 25.0 Å². The smallest absolute Gasteiger partial charge is 0.225 e. The Morgan fingerprint density at radius 1 is 1.38 bits per heavy atom. The van der Waals surface area contributed by atoms with Crippen LogP contribution in [0.1, 0.15) is 12.8 Å². The standard InChI is InChI=1S/C14H19N3O3S/c1-21(19,20)12-6-2-5-10(13(12)15)17-7-3-4-9-11(17)8-16-14(9)18/h2,5-6,9,11H,3-4,7-8,15H2,1H3,(H,16,18).